The van der Waals surface area contributed by atoms with Gasteiger partial charge in [0.05, 0.1) is 17.5 Å². The molecule has 0 unspecified atom stereocenters. The minimum absolute atomic E-state index is 0.0279. The average Bonchev–Trinajstić information content (AvgIpc) is 2.78. The second-order valence-corrected chi connectivity index (χ2v) is 8.71. The highest BCUT2D eigenvalue weighted by Gasteiger charge is 2.38. The number of nitrogens with two attached hydrogens (primary N) is 1. The van der Waals surface area contributed by atoms with Crippen LogP contribution < -0.4 is 15.2 Å². The Morgan fingerprint density at radius 2 is 2.09 bits per heavy atom. The molecule has 1 heterocycles. The number of nitrogens with zero attached hydrogens (tertiary/aromatic N) is 1. The second-order valence-electron chi connectivity index (χ2n) is 7.45. The van der Waals surface area contributed by atoms with Crippen LogP contribution in [0.5, 0.6) is 11.5 Å². The van der Waals surface area contributed by atoms with E-state index in [0.29, 0.717) is 57.2 Å². The third-order valence-corrected chi connectivity index (χ3v) is 6.48. The summed E-state index contributed by atoms with van der Waals surface area (Å²) in [5, 5.41) is 10.4. The fraction of sp³-hybridized carbons (Fsp3) is 0.250. The summed E-state index contributed by atoms with van der Waals surface area (Å²) in [6.07, 6.45) is 1.71. The van der Waals surface area contributed by atoms with E-state index >= 15 is 0 Å². The average molecular weight is 516 g/mol. The molecule has 0 aromatic heterocycles. The molecular formula is C24H20BrClN2O4. The molecular weight excluding hydrogens is 496 g/mol. The van der Waals surface area contributed by atoms with Gasteiger partial charge in [0, 0.05) is 29.0 Å². The van der Waals surface area contributed by atoms with Crippen LogP contribution in [0.3, 0.4) is 0 Å². The first-order chi connectivity index (χ1) is 15.4. The van der Waals surface area contributed by atoms with Crippen LogP contribution in [0.25, 0.3) is 0 Å². The number of ketones is 1. The number of hydrogen-bond acceptors (Lipinski definition) is 6. The quantitative estimate of drug-likeness (QED) is 0.565. The van der Waals surface area contributed by atoms with E-state index in [1.807, 2.05) is 24.3 Å². The molecule has 1 atom stereocenters. The molecule has 6 nitrogen and oxygen atoms in total. The maximum Gasteiger partial charge on any atom is 0.205 e. The number of allylic oxidation sites excluding steroid dienone is 3. The van der Waals surface area contributed by atoms with Gasteiger partial charge in [0.1, 0.15) is 24.0 Å². The number of nitriles is 1. The molecule has 1 aliphatic heterocycles. The predicted molar refractivity (Wildman–Crippen MR) is 123 cm³/mol. The second kappa shape index (κ2) is 9.27. The van der Waals surface area contributed by atoms with Crippen LogP contribution >= 0.6 is 27.5 Å². The zero-order chi connectivity index (χ0) is 22.8. The van der Waals surface area contributed by atoms with E-state index in [4.69, 9.17) is 31.5 Å². The maximum absolute atomic E-state index is 12.8. The number of hydrogen-bond donors (Lipinski definition) is 1. The summed E-state index contributed by atoms with van der Waals surface area (Å²) < 4.78 is 17.8. The molecule has 2 aromatic rings. The van der Waals surface area contributed by atoms with Gasteiger partial charge in [0.2, 0.25) is 5.88 Å². The fourth-order valence-electron chi connectivity index (χ4n) is 4.00. The van der Waals surface area contributed by atoms with Crippen molar-refractivity contribution in [2.45, 2.75) is 31.8 Å². The Hall–Kier alpha value is -2.95. The third kappa shape index (κ3) is 4.08. The van der Waals surface area contributed by atoms with Gasteiger partial charge in [-0.1, -0.05) is 29.8 Å². The summed E-state index contributed by atoms with van der Waals surface area (Å²) in [6.45, 7) is 0.245. The lowest BCUT2D eigenvalue weighted by atomic mass is 9.77. The monoisotopic (exact) mass is 514 g/mol. The fourth-order valence-corrected chi connectivity index (χ4v) is 4.77. The Kier molecular flexibility index (Phi) is 6.45. The highest BCUT2D eigenvalue weighted by Crippen LogP contribution is 2.47. The first kappa shape index (κ1) is 22.3. The topological polar surface area (TPSA) is 94.6 Å². The predicted octanol–water partition coefficient (Wildman–Crippen LogP) is 5.50. The lowest BCUT2D eigenvalue weighted by molar-refractivity contribution is -0.116. The number of Topliss-reactive ketones (excluding diaryl/α,β-unsaturated/α-hetero) is 1. The van der Waals surface area contributed by atoms with Gasteiger partial charge in [-0.15, -0.1) is 0 Å². The first-order valence-corrected chi connectivity index (χ1v) is 11.2. The van der Waals surface area contributed by atoms with E-state index in [0.717, 1.165) is 5.56 Å². The molecule has 2 N–H and O–H groups in total. The summed E-state index contributed by atoms with van der Waals surface area (Å²) in [4.78, 5) is 12.8. The number of benzene rings is 2. The minimum atomic E-state index is -0.626. The number of methoxy groups -OCH3 is 1. The Bertz CT molecular complexity index is 1200. The summed E-state index contributed by atoms with van der Waals surface area (Å²) in [5.74, 6) is 0.846. The van der Waals surface area contributed by atoms with Gasteiger partial charge in [-0.05, 0) is 46.1 Å². The highest BCUT2D eigenvalue weighted by atomic mass is 79.9. The van der Waals surface area contributed by atoms with Gasteiger partial charge in [0.25, 0.3) is 0 Å². The van der Waals surface area contributed by atoms with Crippen LogP contribution in [0.2, 0.25) is 5.02 Å². The van der Waals surface area contributed by atoms with Crippen LogP contribution in [0.1, 0.15) is 36.3 Å². The van der Waals surface area contributed by atoms with Gasteiger partial charge in [-0.2, -0.15) is 5.26 Å². The van der Waals surface area contributed by atoms with E-state index < -0.39 is 5.92 Å². The van der Waals surface area contributed by atoms with Crippen LogP contribution in [0.15, 0.2) is 63.7 Å². The molecule has 0 saturated carbocycles. The molecule has 1 aliphatic carbocycles. The van der Waals surface area contributed by atoms with Crippen molar-refractivity contribution in [2.24, 2.45) is 5.73 Å². The van der Waals surface area contributed by atoms with Crippen molar-refractivity contribution >= 4 is 33.3 Å². The van der Waals surface area contributed by atoms with E-state index in [9.17, 15) is 10.1 Å². The van der Waals surface area contributed by atoms with Crippen LogP contribution in [-0.4, -0.2) is 12.9 Å². The molecule has 0 bridgehead atoms. The first-order valence-electron chi connectivity index (χ1n) is 10.0. The lowest BCUT2D eigenvalue weighted by Gasteiger charge is -2.31. The van der Waals surface area contributed by atoms with Crippen molar-refractivity contribution in [3.8, 4) is 17.6 Å². The Morgan fingerprint density at radius 3 is 2.81 bits per heavy atom. The SMILES string of the molecule is COc1cc([C@H]2C(C#N)=C(N)OC3=C2C(=O)CCC3)cc(Br)c1OCc1ccccc1Cl. The smallest absolute Gasteiger partial charge is 0.205 e. The lowest BCUT2D eigenvalue weighted by Crippen LogP contribution is -2.27. The standard InChI is InChI=1S/C24H20BrClN2O4/c1-30-20-10-14(9-16(25)23(20)31-12-13-5-2-3-6-17(13)26)21-15(11-27)24(28)32-19-8-4-7-18(29)22(19)21/h2-3,5-6,9-10,21H,4,7-8,12,28H2,1H3/t21-/m0/s1. The minimum Gasteiger partial charge on any atom is -0.493 e. The molecule has 0 fully saturated rings. The van der Waals surface area contributed by atoms with E-state index in [-0.39, 0.29) is 23.8 Å². The number of rotatable bonds is 5. The molecule has 0 amide bonds. The Labute approximate surface area is 199 Å². The van der Waals surface area contributed by atoms with Crippen molar-refractivity contribution in [2.75, 3.05) is 7.11 Å². The van der Waals surface area contributed by atoms with Crippen LogP contribution in [0.4, 0.5) is 0 Å². The van der Waals surface area contributed by atoms with Gasteiger partial charge >= 0.3 is 0 Å². The van der Waals surface area contributed by atoms with Crippen molar-refractivity contribution in [1.82, 2.24) is 0 Å². The Morgan fingerprint density at radius 1 is 1.31 bits per heavy atom. The number of carbonyl (C=O) groups excluding carboxylic acids is 1. The van der Waals surface area contributed by atoms with E-state index in [1.165, 1.54) is 7.11 Å². The zero-order valence-corrected chi connectivity index (χ0v) is 19.6. The number of ether oxygens (including phenoxy) is 3. The third-order valence-electron chi connectivity index (χ3n) is 5.52. The molecule has 32 heavy (non-hydrogen) atoms. The van der Waals surface area contributed by atoms with Gasteiger partial charge in [0.15, 0.2) is 17.3 Å². The van der Waals surface area contributed by atoms with Crippen molar-refractivity contribution < 1.29 is 19.0 Å². The molecule has 0 saturated heterocycles. The Balaban J connectivity index is 1.75. The van der Waals surface area contributed by atoms with Gasteiger partial charge < -0.3 is 19.9 Å². The summed E-state index contributed by atoms with van der Waals surface area (Å²) in [7, 11) is 1.53. The van der Waals surface area contributed by atoms with Gasteiger partial charge in [-0.25, -0.2) is 0 Å². The summed E-state index contributed by atoms with van der Waals surface area (Å²) >= 11 is 9.79. The normalized spacial score (nSPS) is 18.1. The van der Waals surface area contributed by atoms with Crippen LogP contribution in [0, 0.1) is 11.3 Å². The maximum atomic E-state index is 12.8. The van der Waals surface area contributed by atoms with Crippen molar-refractivity contribution in [1.29, 1.82) is 5.26 Å². The summed E-state index contributed by atoms with van der Waals surface area (Å²) in [5.41, 5.74) is 8.26. The molecule has 0 spiro atoms. The molecule has 0 radical (unpaired) electrons. The molecule has 4 rings (SSSR count). The largest absolute Gasteiger partial charge is 0.493 e. The molecule has 2 aromatic carbocycles. The number of carbonyl (C=O) groups is 1. The molecule has 8 heteroatoms. The zero-order valence-electron chi connectivity index (χ0n) is 17.3. The summed E-state index contributed by atoms with van der Waals surface area (Å²) in [6, 6.07) is 13.1. The number of halogens is 2. The van der Waals surface area contributed by atoms with Gasteiger partial charge in [-0.3, -0.25) is 4.79 Å². The highest BCUT2D eigenvalue weighted by molar-refractivity contribution is 9.10. The van der Waals surface area contributed by atoms with Crippen molar-refractivity contribution in [3.05, 3.63) is 79.8 Å². The van der Waals surface area contributed by atoms with Crippen molar-refractivity contribution in [3.63, 3.8) is 0 Å². The van der Waals surface area contributed by atoms with E-state index in [2.05, 4.69) is 22.0 Å². The van der Waals surface area contributed by atoms with E-state index in [1.54, 1.807) is 12.1 Å². The molecule has 2 aliphatic rings. The molecule has 164 valence electrons. The van der Waals surface area contributed by atoms with Crippen LogP contribution in [-0.2, 0) is 16.1 Å².